The van der Waals surface area contributed by atoms with E-state index >= 15 is 0 Å². The average Bonchev–Trinajstić information content (AvgIpc) is 2.78. The molecule has 16 heavy (non-hydrogen) atoms. The highest BCUT2D eigenvalue weighted by atomic mass is 32.1. The van der Waals surface area contributed by atoms with E-state index in [0.29, 0.717) is 0 Å². The van der Waals surface area contributed by atoms with E-state index in [1.165, 1.54) is 4.88 Å². The first-order valence-electron chi connectivity index (χ1n) is 5.23. The van der Waals surface area contributed by atoms with Crippen molar-refractivity contribution in [3.8, 4) is 0 Å². The molecule has 0 saturated carbocycles. The van der Waals surface area contributed by atoms with Crippen LogP contribution >= 0.6 is 11.3 Å². The van der Waals surface area contributed by atoms with Crippen LogP contribution in [0.25, 0.3) is 0 Å². The molecule has 0 aromatic carbocycles. The fourth-order valence-corrected chi connectivity index (χ4v) is 1.94. The Hall–Kier alpha value is -1.49. The minimum absolute atomic E-state index is 0.768. The summed E-state index contributed by atoms with van der Waals surface area (Å²) in [4.78, 5) is 13.9. The fraction of sp³-hybridized carbons (Fsp3) is 0.364. The number of hydrogen-bond acceptors (Lipinski definition) is 5. The third-order valence-corrected chi connectivity index (χ3v) is 2.96. The number of thiazole rings is 1. The van der Waals surface area contributed by atoms with Crippen molar-refractivity contribution in [2.24, 2.45) is 0 Å². The molecule has 5 heteroatoms. The van der Waals surface area contributed by atoms with Gasteiger partial charge in [0.25, 0.3) is 0 Å². The Morgan fingerprint density at radius 1 is 1.38 bits per heavy atom. The van der Waals surface area contributed by atoms with E-state index in [1.54, 1.807) is 11.3 Å². The van der Waals surface area contributed by atoms with Crippen molar-refractivity contribution in [2.75, 3.05) is 5.32 Å². The van der Waals surface area contributed by atoms with Gasteiger partial charge in [-0.05, 0) is 13.3 Å². The summed E-state index contributed by atoms with van der Waals surface area (Å²) in [5.41, 5.74) is 2.90. The number of aryl methyl sites for hydroxylation is 2. The van der Waals surface area contributed by atoms with Crippen molar-refractivity contribution in [3.05, 3.63) is 34.2 Å². The van der Waals surface area contributed by atoms with Crippen LogP contribution in [-0.4, -0.2) is 15.0 Å². The summed E-state index contributed by atoms with van der Waals surface area (Å²) >= 11 is 1.64. The molecule has 0 unspecified atom stereocenters. The van der Waals surface area contributed by atoms with E-state index in [1.807, 2.05) is 24.7 Å². The molecule has 0 fully saturated rings. The third kappa shape index (κ3) is 2.76. The van der Waals surface area contributed by atoms with Gasteiger partial charge >= 0.3 is 0 Å². The molecule has 0 atom stereocenters. The van der Waals surface area contributed by atoms with Gasteiger partial charge in [0, 0.05) is 22.8 Å². The zero-order chi connectivity index (χ0) is 11.4. The smallest absolute Gasteiger partial charge is 0.130 e. The molecule has 2 heterocycles. The minimum Gasteiger partial charge on any atom is -0.365 e. The molecule has 0 saturated heterocycles. The van der Waals surface area contributed by atoms with Crippen molar-refractivity contribution < 1.29 is 0 Å². The van der Waals surface area contributed by atoms with Crippen LogP contribution in [0.2, 0.25) is 0 Å². The van der Waals surface area contributed by atoms with Crippen LogP contribution in [-0.2, 0) is 13.0 Å². The van der Waals surface area contributed by atoms with Crippen LogP contribution in [0.15, 0.2) is 17.8 Å². The van der Waals surface area contributed by atoms with Crippen LogP contribution in [0.5, 0.6) is 0 Å². The van der Waals surface area contributed by atoms with Gasteiger partial charge in [-0.1, -0.05) is 6.92 Å². The van der Waals surface area contributed by atoms with Gasteiger partial charge in [0.15, 0.2) is 0 Å². The zero-order valence-electron chi connectivity index (χ0n) is 9.40. The van der Waals surface area contributed by atoms with Gasteiger partial charge < -0.3 is 5.32 Å². The Morgan fingerprint density at radius 3 is 2.94 bits per heavy atom. The van der Waals surface area contributed by atoms with Gasteiger partial charge in [-0.3, -0.25) is 4.98 Å². The summed E-state index contributed by atoms with van der Waals surface area (Å²) in [6.45, 7) is 4.77. The molecule has 0 spiro atoms. The highest BCUT2D eigenvalue weighted by Crippen LogP contribution is 2.11. The molecule has 0 radical (unpaired) electrons. The van der Waals surface area contributed by atoms with Crippen molar-refractivity contribution in [3.63, 3.8) is 0 Å². The van der Waals surface area contributed by atoms with E-state index < -0.39 is 0 Å². The summed E-state index contributed by atoms with van der Waals surface area (Å²) in [5, 5.41) is 3.28. The number of hydrogen-bond donors (Lipinski definition) is 1. The Morgan fingerprint density at radius 2 is 2.25 bits per heavy atom. The number of nitrogens with one attached hydrogen (secondary N) is 1. The highest BCUT2D eigenvalue weighted by Gasteiger charge is 2.01. The van der Waals surface area contributed by atoms with Crippen LogP contribution in [0.3, 0.4) is 0 Å². The second-order valence-corrected chi connectivity index (χ2v) is 4.44. The van der Waals surface area contributed by atoms with Gasteiger partial charge in [0.2, 0.25) is 0 Å². The lowest BCUT2D eigenvalue weighted by Crippen LogP contribution is -2.03. The van der Waals surface area contributed by atoms with Crippen LogP contribution in [0.1, 0.15) is 23.3 Å². The SMILES string of the molecule is CCc1cc(NCc2cncs2)nc(C)n1. The Bertz CT molecular complexity index is 453. The molecular weight excluding hydrogens is 220 g/mol. The molecule has 0 aliphatic carbocycles. The van der Waals surface area contributed by atoms with E-state index in [0.717, 1.165) is 30.3 Å². The van der Waals surface area contributed by atoms with E-state index in [2.05, 4.69) is 27.2 Å². The Kier molecular flexibility index (Phi) is 3.46. The number of nitrogens with zero attached hydrogens (tertiary/aromatic N) is 3. The highest BCUT2D eigenvalue weighted by molar-refractivity contribution is 7.09. The number of anilines is 1. The first-order chi connectivity index (χ1) is 7.78. The predicted molar refractivity (Wildman–Crippen MR) is 65.6 cm³/mol. The lowest BCUT2D eigenvalue weighted by Gasteiger charge is -2.06. The molecule has 1 N–H and O–H groups in total. The monoisotopic (exact) mass is 234 g/mol. The van der Waals surface area contributed by atoms with Crippen molar-refractivity contribution in [1.29, 1.82) is 0 Å². The summed E-state index contributed by atoms with van der Waals surface area (Å²) in [6, 6.07) is 1.99. The lowest BCUT2D eigenvalue weighted by atomic mass is 10.3. The lowest BCUT2D eigenvalue weighted by molar-refractivity contribution is 0.943. The quantitative estimate of drug-likeness (QED) is 0.882. The molecule has 0 bridgehead atoms. The normalized spacial score (nSPS) is 10.4. The zero-order valence-corrected chi connectivity index (χ0v) is 10.2. The average molecular weight is 234 g/mol. The largest absolute Gasteiger partial charge is 0.365 e. The summed E-state index contributed by atoms with van der Waals surface area (Å²) < 4.78 is 0. The van der Waals surface area contributed by atoms with Crippen molar-refractivity contribution in [2.45, 2.75) is 26.8 Å². The second kappa shape index (κ2) is 5.03. The first-order valence-corrected chi connectivity index (χ1v) is 6.11. The summed E-state index contributed by atoms with van der Waals surface area (Å²) in [7, 11) is 0. The first kappa shape index (κ1) is 11.0. The van der Waals surface area contributed by atoms with Crippen LogP contribution < -0.4 is 5.32 Å². The molecule has 84 valence electrons. The number of aromatic nitrogens is 3. The maximum atomic E-state index is 4.34. The minimum atomic E-state index is 0.768. The Labute approximate surface area is 98.8 Å². The van der Waals surface area contributed by atoms with Gasteiger partial charge in [-0.25, -0.2) is 9.97 Å². The van der Waals surface area contributed by atoms with Crippen molar-refractivity contribution in [1.82, 2.24) is 15.0 Å². The van der Waals surface area contributed by atoms with Crippen molar-refractivity contribution >= 4 is 17.2 Å². The molecule has 2 aromatic heterocycles. The second-order valence-electron chi connectivity index (χ2n) is 3.47. The molecule has 0 amide bonds. The fourth-order valence-electron chi connectivity index (χ4n) is 1.41. The molecule has 4 nitrogen and oxygen atoms in total. The Balaban J connectivity index is 2.06. The van der Waals surface area contributed by atoms with E-state index in [-0.39, 0.29) is 0 Å². The molecule has 2 aromatic rings. The predicted octanol–water partition coefficient (Wildman–Crippen LogP) is 2.42. The molecule has 0 aliphatic rings. The van der Waals surface area contributed by atoms with Gasteiger partial charge in [-0.2, -0.15) is 0 Å². The van der Waals surface area contributed by atoms with Crippen LogP contribution in [0.4, 0.5) is 5.82 Å². The van der Waals surface area contributed by atoms with Gasteiger partial charge in [-0.15, -0.1) is 11.3 Å². The van der Waals surface area contributed by atoms with Gasteiger partial charge in [0.1, 0.15) is 11.6 Å². The maximum Gasteiger partial charge on any atom is 0.130 e. The van der Waals surface area contributed by atoms with Gasteiger partial charge in [0.05, 0.1) is 12.1 Å². The molecule has 2 rings (SSSR count). The summed E-state index contributed by atoms with van der Waals surface area (Å²) in [6.07, 6.45) is 2.80. The third-order valence-electron chi connectivity index (χ3n) is 2.18. The van der Waals surface area contributed by atoms with E-state index in [4.69, 9.17) is 0 Å². The summed E-state index contributed by atoms with van der Waals surface area (Å²) in [5.74, 6) is 1.70. The molecule has 0 aliphatic heterocycles. The van der Waals surface area contributed by atoms with Crippen LogP contribution in [0, 0.1) is 6.92 Å². The maximum absolute atomic E-state index is 4.34. The molecular formula is C11H14N4S. The standard InChI is InChI=1S/C11H14N4S/c1-3-9-4-11(15-8(2)14-9)13-6-10-5-12-7-16-10/h4-5,7H,3,6H2,1-2H3,(H,13,14,15). The topological polar surface area (TPSA) is 50.7 Å². The number of rotatable bonds is 4. The van der Waals surface area contributed by atoms with E-state index in [9.17, 15) is 0 Å².